The number of para-hydroxylation sites is 1. The summed E-state index contributed by atoms with van der Waals surface area (Å²) < 4.78 is 18.3. The van der Waals surface area contributed by atoms with Crippen LogP contribution in [0.5, 0.6) is 0 Å². The average molecular weight is 331 g/mol. The molecule has 1 heterocycles. The van der Waals surface area contributed by atoms with Gasteiger partial charge in [-0.15, -0.1) is 0 Å². The molecule has 1 aliphatic rings. The average Bonchev–Trinajstić information content (AvgIpc) is 3.04. The highest BCUT2D eigenvalue weighted by Crippen LogP contribution is 2.27. The molecule has 4 nitrogen and oxygen atoms in total. The van der Waals surface area contributed by atoms with Gasteiger partial charge in [0, 0.05) is 30.3 Å². The Balaban J connectivity index is 2.01. The van der Waals surface area contributed by atoms with Gasteiger partial charge in [0.2, 0.25) is 0 Å². The molecule has 0 atom stereocenters. The van der Waals surface area contributed by atoms with E-state index in [1.165, 1.54) is 11.6 Å². The van der Waals surface area contributed by atoms with Crippen LogP contribution in [0.1, 0.15) is 30.9 Å². The van der Waals surface area contributed by atoms with E-state index in [0.717, 1.165) is 29.8 Å². The lowest BCUT2D eigenvalue weighted by atomic mass is 10.1. The van der Waals surface area contributed by atoms with E-state index >= 15 is 0 Å². The first kappa shape index (κ1) is 17.8. The number of allylic oxidation sites excluding steroid dienone is 4. The van der Waals surface area contributed by atoms with Crippen LogP contribution in [-0.4, -0.2) is 17.6 Å². The van der Waals surface area contributed by atoms with Crippen LogP contribution in [-0.2, 0) is 22.6 Å². The molecule has 1 aliphatic heterocycles. The SMILES string of the molecule is C\C(=C/C=C(\C=C\F)OCc1cccc2c1NCC2)CCC(=O)O. The Hall–Kier alpha value is -2.56. The number of fused-ring (bicyclic) bond motifs is 1. The molecule has 2 rings (SSSR count). The molecule has 0 saturated heterocycles. The Morgan fingerprint density at radius 3 is 2.96 bits per heavy atom. The third-order valence-electron chi connectivity index (χ3n) is 3.82. The second kappa shape index (κ2) is 8.91. The van der Waals surface area contributed by atoms with Crippen LogP contribution in [0, 0.1) is 0 Å². The van der Waals surface area contributed by atoms with E-state index in [0.29, 0.717) is 25.1 Å². The molecule has 1 aromatic rings. The van der Waals surface area contributed by atoms with E-state index in [4.69, 9.17) is 9.84 Å². The van der Waals surface area contributed by atoms with Gasteiger partial charge in [0.15, 0.2) is 0 Å². The third-order valence-corrected chi connectivity index (χ3v) is 3.82. The molecule has 0 spiro atoms. The number of carboxylic acid groups (broad SMARTS) is 1. The summed E-state index contributed by atoms with van der Waals surface area (Å²) in [5.41, 5.74) is 4.31. The Morgan fingerprint density at radius 2 is 2.21 bits per heavy atom. The molecule has 0 saturated carbocycles. The van der Waals surface area contributed by atoms with Crippen LogP contribution >= 0.6 is 0 Å². The van der Waals surface area contributed by atoms with Crippen molar-refractivity contribution in [3.63, 3.8) is 0 Å². The van der Waals surface area contributed by atoms with E-state index in [2.05, 4.69) is 11.4 Å². The molecule has 24 heavy (non-hydrogen) atoms. The zero-order valence-corrected chi connectivity index (χ0v) is 13.7. The minimum atomic E-state index is -0.836. The molecule has 0 fully saturated rings. The van der Waals surface area contributed by atoms with Gasteiger partial charge in [0.1, 0.15) is 12.4 Å². The number of nitrogens with one attached hydrogen (secondary N) is 1. The number of ether oxygens (including phenoxy) is 1. The zero-order valence-electron chi connectivity index (χ0n) is 13.7. The maximum atomic E-state index is 12.6. The van der Waals surface area contributed by atoms with E-state index < -0.39 is 5.97 Å². The topological polar surface area (TPSA) is 58.6 Å². The predicted octanol–water partition coefficient (Wildman–Crippen LogP) is 4.35. The van der Waals surface area contributed by atoms with Gasteiger partial charge in [-0.25, -0.2) is 4.39 Å². The number of hydrogen-bond acceptors (Lipinski definition) is 3. The van der Waals surface area contributed by atoms with Gasteiger partial charge in [-0.2, -0.15) is 0 Å². The fourth-order valence-electron chi connectivity index (χ4n) is 2.52. The highest BCUT2D eigenvalue weighted by Gasteiger charge is 2.13. The largest absolute Gasteiger partial charge is 0.489 e. The summed E-state index contributed by atoms with van der Waals surface area (Å²) in [6, 6.07) is 6.07. The predicted molar refractivity (Wildman–Crippen MR) is 92.4 cm³/mol. The van der Waals surface area contributed by atoms with E-state index in [-0.39, 0.29) is 6.42 Å². The number of halogens is 1. The first-order valence-corrected chi connectivity index (χ1v) is 7.93. The molecule has 5 heteroatoms. The number of rotatable bonds is 8. The summed E-state index contributed by atoms with van der Waals surface area (Å²) in [5.74, 6) is -0.444. The zero-order chi connectivity index (χ0) is 17.4. The molecule has 0 aromatic heterocycles. The molecule has 0 unspecified atom stereocenters. The molecule has 2 N–H and O–H groups in total. The third kappa shape index (κ3) is 5.26. The van der Waals surface area contributed by atoms with Gasteiger partial charge in [0.25, 0.3) is 0 Å². The minimum absolute atomic E-state index is 0.0765. The molecular formula is C19H22FNO3. The van der Waals surface area contributed by atoms with Crippen molar-refractivity contribution in [2.45, 2.75) is 32.8 Å². The van der Waals surface area contributed by atoms with Gasteiger partial charge in [-0.1, -0.05) is 29.8 Å². The monoisotopic (exact) mass is 331 g/mol. The number of hydrogen-bond donors (Lipinski definition) is 2. The molecule has 0 amide bonds. The van der Waals surface area contributed by atoms with Gasteiger partial charge in [-0.05, 0) is 31.4 Å². The Bertz CT molecular complexity index is 677. The first-order chi connectivity index (χ1) is 11.6. The van der Waals surface area contributed by atoms with Gasteiger partial charge >= 0.3 is 5.97 Å². The second-order valence-corrected chi connectivity index (χ2v) is 5.69. The number of benzene rings is 1. The maximum absolute atomic E-state index is 12.6. The normalized spacial score (nSPS) is 14.6. The van der Waals surface area contributed by atoms with Crippen molar-refractivity contribution >= 4 is 11.7 Å². The second-order valence-electron chi connectivity index (χ2n) is 5.69. The number of carbonyl (C=O) groups is 1. The van der Waals surface area contributed by atoms with Crippen molar-refractivity contribution in [3.05, 3.63) is 65.2 Å². The van der Waals surface area contributed by atoms with Crippen molar-refractivity contribution in [1.82, 2.24) is 0 Å². The fourth-order valence-corrected chi connectivity index (χ4v) is 2.52. The molecule has 0 aliphatic carbocycles. The molecule has 0 bridgehead atoms. The fraction of sp³-hybridized carbons (Fsp3) is 0.316. The maximum Gasteiger partial charge on any atom is 0.303 e. The Morgan fingerprint density at radius 1 is 1.38 bits per heavy atom. The smallest absolute Gasteiger partial charge is 0.303 e. The van der Waals surface area contributed by atoms with Crippen LogP contribution < -0.4 is 5.32 Å². The van der Waals surface area contributed by atoms with Crippen LogP contribution in [0.25, 0.3) is 0 Å². The van der Waals surface area contributed by atoms with Crippen LogP contribution in [0.3, 0.4) is 0 Å². The summed E-state index contributed by atoms with van der Waals surface area (Å²) in [6.45, 7) is 3.10. The molecular weight excluding hydrogens is 309 g/mol. The molecule has 1 aromatic carbocycles. The summed E-state index contributed by atoms with van der Waals surface area (Å²) in [4.78, 5) is 10.6. The highest BCUT2D eigenvalue weighted by atomic mass is 19.1. The molecule has 0 radical (unpaired) electrons. The first-order valence-electron chi connectivity index (χ1n) is 7.93. The van der Waals surface area contributed by atoms with E-state index in [1.807, 2.05) is 19.1 Å². The highest BCUT2D eigenvalue weighted by molar-refractivity contribution is 5.67. The standard InChI is InChI=1S/C19H22FNO3/c1-14(6-8-18(22)23)5-7-17(9-11-20)24-13-16-4-2-3-15-10-12-21-19(15)16/h2-5,7,9,11,21H,6,8,10,12-13H2,1H3,(H,22,23)/b11-9+,14-5+,17-7+. The van der Waals surface area contributed by atoms with Crippen molar-refractivity contribution in [2.75, 3.05) is 11.9 Å². The van der Waals surface area contributed by atoms with Crippen molar-refractivity contribution in [2.24, 2.45) is 0 Å². The Kier molecular flexibility index (Phi) is 6.61. The summed E-state index contributed by atoms with van der Waals surface area (Å²) in [6.07, 6.45) is 6.62. The van der Waals surface area contributed by atoms with Gasteiger partial charge < -0.3 is 15.2 Å². The lowest BCUT2D eigenvalue weighted by Gasteiger charge is -2.11. The number of aliphatic carboxylic acids is 1. The number of carboxylic acids is 1. The summed E-state index contributed by atoms with van der Waals surface area (Å²) in [7, 11) is 0. The minimum Gasteiger partial charge on any atom is -0.489 e. The van der Waals surface area contributed by atoms with Crippen molar-refractivity contribution in [1.29, 1.82) is 0 Å². The lowest BCUT2D eigenvalue weighted by molar-refractivity contribution is -0.136. The lowest BCUT2D eigenvalue weighted by Crippen LogP contribution is -1.98. The van der Waals surface area contributed by atoms with Crippen LogP contribution in [0.15, 0.2) is 54.1 Å². The summed E-state index contributed by atoms with van der Waals surface area (Å²) >= 11 is 0. The van der Waals surface area contributed by atoms with E-state index in [1.54, 1.807) is 12.2 Å². The Labute approximate surface area is 141 Å². The van der Waals surface area contributed by atoms with Crippen LogP contribution in [0.2, 0.25) is 0 Å². The van der Waals surface area contributed by atoms with Crippen molar-refractivity contribution in [3.8, 4) is 0 Å². The van der Waals surface area contributed by atoms with Crippen molar-refractivity contribution < 1.29 is 19.0 Å². The number of anilines is 1. The van der Waals surface area contributed by atoms with Gasteiger partial charge in [-0.3, -0.25) is 4.79 Å². The quantitative estimate of drug-likeness (QED) is 0.549. The molecule has 128 valence electrons. The van der Waals surface area contributed by atoms with E-state index in [9.17, 15) is 9.18 Å². The van der Waals surface area contributed by atoms with Gasteiger partial charge in [0.05, 0.1) is 6.33 Å². The van der Waals surface area contributed by atoms with Crippen LogP contribution in [0.4, 0.5) is 10.1 Å². The summed E-state index contributed by atoms with van der Waals surface area (Å²) in [5, 5.41) is 12.0.